The number of Topliss-reactive ketones (excluding diaryl/α,β-unsaturated/α-hetero) is 1. The Morgan fingerprint density at radius 1 is 1.47 bits per heavy atom. The van der Waals surface area contributed by atoms with E-state index in [2.05, 4.69) is 15.9 Å². The molecule has 0 radical (unpaired) electrons. The number of rotatable bonds is 3. The molecule has 1 rings (SSSR count). The number of hydrogen-bond donors (Lipinski definition) is 0. The lowest BCUT2D eigenvalue weighted by Crippen LogP contribution is -2.19. The minimum absolute atomic E-state index is 0.268. The Labute approximate surface area is 110 Å². The van der Waals surface area contributed by atoms with Gasteiger partial charge in [-0.25, -0.2) is 0 Å². The van der Waals surface area contributed by atoms with Crippen molar-refractivity contribution in [1.29, 1.82) is 0 Å². The number of carbonyl (C=O) groups excluding carboxylic acids is 1. The van der Waals surface area contributed by atoms with E-state index >= 15 is 0 Å². The first kappa shape index (κ1) is 14.5. The second-order valence-corrected chi connectivity index (χ2v) is 4.87. The molecule has 0 N–H and O–H groups in total. The molecule has 0 aliphatic rings. The Morgan fingerprint density at radius 2 is 2.06 bits per heavy atom. The molecule has 1 aromatic rings. The molecule has 6 heteroatoms. The number of halogens is 5. The highest BCUT2D eigenvalue weighted by atomic mass is 79.9. The molecule has 1 atom stereocenters. The molecule has 1 aromatic carbocycles. The largest absolute Gasteiger partial charge is 0.417 e. The highest BCUT2D eigenvalue weighted by molar-refractivity contribution is 9.10. The Morgan fingerprint density at radius 3 is 2.53 bits per heavy atom. The van der Waals surface area contributed by atoms with E-state index in [0.717, 1.165) is 12.1 Å². The van der Waals surface area contributed by atoms with Crippen molar-refractivity contribution in [2.24, 2.45) is 0 Å². The summed E-state index contributed by atoms with van der Waals surface area (Å²) in [5, 5.41) is -0.933. The summed E-state index contributed by atoms with van der Waals surface area (Å²) < 4.78 is 38.5. The average molecular weight is 330 g/mol. The van der Waals surface area contributed by atoms with Crippen LogP contribution in [0.4, 0.5) is 13.2 Å². The van der Waals surface area contributed by atoms with Crippen LogP contribution in [0.15, 0.2) is 22.7 Å². The molecule has 0 aliphatic heterocycles. The molecule has 0 fully saturated rings. The SMILES string of the molecule is CCC(Cl)C(=O)c1ccc(Br)cc1C(F)(F)F. The molecular formula is C11H9BrClF3O. The van der Waals surface area contributed by atoms with Crippen LogP contribution < -0.4 is 0 Å². The highest BCUT2D eigenvalue weighted by Crippen LogP contribution is 2.34. The van der Waals surface area contributed by atoms with E-state index in [1.807, 2.05) is 0 Å². The molecule has 0 heterocycles. The second kappa shape index (κ2) is 5.40. The molecular weight excluding hydrogens is 320 g/mol. The molecule has 1 unspecified atom stereocenters. The van der Waals surface area contributed by atoms with Gasteiger partial charge in [-0.05, 0) is 24.6 Å². The second-order valence-electron chi connectivity index (χ2n) is 3.43. The van der Waals surface area contributed by atoms with Crippen molar-refractivity contribution in [3.63, 3.8) is 0 Å². The van der Waals surface area contributed by atoms with Gasteiger partial charge in [0.15, 0.2) is 5.78 Å². The van der Waals surface area contributed by atoms with Crippen molar-refractivity contribution in [2.75, 3.05) is 0 Å². The van der Waals surface area contributed by atoms with E-state index in [4.69, 9.17) is 11.6 Å². The topological polar surface area (TPSA) is 17.1 Å². The third-order valence-electron chi connectivity index (χ3n) is 2.20. The monoisotopic (exact) mass is 328 g/mol. The van der Waals surface area contributed by atoms with Crippen LogP contribution in [0.5, 0.6) is 0 Å². The van der Waals surface area contributed by atoms with Crippen LogP contribution in [0.1, 0.15) is 29.3 Å². The van der Waals surface area contributed by atoms with E-state index in [1.165, 1.54) is 6.07 Å². The van der Waals surface area contributed by atoms with E-state index in [0.29, 0.717) is 0 Å². The van der Waals surface area contributed by atoms with Gasteiger partial charge in [-0.15, -0.1) is 11.6 Å². The first-order valence-electron chi connectivity index (χ1n) is 4.82. The zero-order valence-electron chi connectivity index (χ0n) is 8.81. The van der Waals surface area contributed by atoms with Crippen LogP contribution in [-0.2, 0) is 6.18 Å². The molecule has 0 amide bonds. The number of ketones is 1. The fraction of sp³-hybridized carbons (Fsp3) is 0.364. The first-order chi connectivity index (χ1) is 7.77. The van der Waals surface area contributed by atoms with Crippen LogP contribution in [0.25, 0.3) is 0 Å². The summed E-state index contributed by atoms with van der Waals surface area (Å²) >= 11 is 8.63. The van der Waals surface area contributed by atoms with Gasteiger partial charge in [0.05, 0.1) is 10.9 Å². The van der Waals surface area contributed by atoms with E-state index in [-0.39, 0.29) is 16.5 Å². The van der Waals surface area contributed by atoms with Gasteiger partial charge in [0.1, 0.15) is 0 Å². The molecule has 17 heavy (non-hydrogen) atoms. The highest BCUT2D eigenvalue weighted by Gasteiger charge is 2.36. The molecule has 0 aliphatic carbocycles. The third-order valence-corrected chi connectivity index (χ3v) is 3.20. The summed E-state index contributed by atoms with van der Waals surface area (Å²) in [5.74, 6) is -0.700. The summed E-state index contributed by atoms with van der Waals surface area (Å²) in [7, 11) is 0. The van der Waals surface area contributed by atoms with Gasteiger partial charge >= 0.3 is 6.18 Å². The number of benzene rings is 1. The Hall–Kier alpha value is -0.550. The van der Waals surface area contributed by atoms with Gasteiger partial charge in [0.25, 0.3) is 0 Å². The number of alkyl halides is 4. The van der Waals surface area contributed by atoms with Crippen LogP contribution in [-0.4, -0.2) is 11.2 Å². The van der Waals surface area contributed by atoms with Gasteiger partial charge in [-0.2, -0.15) is 13.2 Å². The summed E-state index contributed by atoms with van der Waals surface area (Å²) in [6.45, 7) is 1.64. The van der Waals surface area contributed by atoms with Gasteiger partial charge < -0.3 is 0 Å². The Balaban J connectivity index is 3.29. The molecule has 0 aromatic heterocycles. The number of hydrogen-bond acceptors (Lipinski definition) is 1. The minimum atomic E-state index is -4.57. The van der Waals surface area contributed by atoms with Gasteiger partial charge in [-0.1, -0.05) is 22.9 Å². The van der Waals surface area contributed by atoms with Crippen molar-refractivity contribution in [1.82, 2.24) is 0 Å². The van der Waals surface area contributed by atoms with E-state index in [9.17, 15) is 18.0 Å². The normalized spacial score (nSPS) is 13.5. The molecule has 0 saturated carbocycles. The lowest BCUT2D eigenvalue weighted by Gasteiger charge is -2.14. The Bertz CT molecular complexity index is 431. The lowest BCUT2D eigenvalue weighted by molar-refractivity contribution is -0.137. The van der Waals surface area contributed by atoms with Crippen molar-refractivity contribution in [2.45, 2.75) is 24.9 Å². The smallest absolute Gasteiger partial charge is 0.292 e. The molecule has 0 bridgehead atoms. The zero-order chi connectivity index (χ0) is 13.2. The summed E-state index contributed by atoms with van der Waals surface area (Å²) in [5.41, 5.74) is -1.35. The molecule has 0 spiro atoms. The average Bonchev–Trinajstić information content (AvgIpc) is 2.25. The summed E-state index contributed by atoms with van der Waals surface area (Å²) in [6.07, 6.45) is -4.28. The lowest BCUT2D eigenvalue weighted by atomic mass is 10.0. The van der Waals surface area contributed by atoms with Crippen molar-refractivity contribution < 1.29 is 18.0 Å². The van der Waals surface area contributed by atoms with Crippen molar-refractivity contribution in [3.05, 3.63) is 33.8 Å². The third kappa shape index (κ3) is 3.45. The standard InChI is InChI=1S/C11H9BrClF3O/c1-2-9(13)10(17)7-4-3-6(12)5-8(7)11(14,15)16/h3-5,9H,2H2,1H3. The predicted octanol–water partition coefficient (Wildman–Crippen LogP) is 4.67. The van der Waals surface area contributed by atoms with Crippen LogP contribution in [0.3, 0.4) is 0 Å². The predicted molar refractivity (Wildman–Crippen MR) is 63.4 cm³/mol. The van der Waals surface area contributed by atoms with Crippen LogP contribution >= 0.6 is 27.5 Å². The zero-order valence-corrected chi connectivity index (χ0v) is 11.2. The summed E-state index contributed by atoms with van der Waals surface area (Å²) in [6, 6.07) is 3.41. The first-order valence-corrected chi connectivity index (χ1v) is 6.05. The molecule has 1 nitrogen and oxygen atoms in total. The van der Waals surface area contributed by atoms with Gasteiger partial charge in [0, 0.05) is 10.0 Å². The fourth-order valence-electron chi connectivity index (χ4n) is 1.32. The molecule has 0 saturated heterocycles. The minimum Gasteiger partial charge on any atom is -0.292 e. The van der Waals surface area contributed by atoms with E-state index < -0.39 is 22.9 Å². The van der Waals surface area contributed by atoms with Crippen molar-refractivity contribution >= 4 is 33.3 Å². The molecule has 94 valence electrons. The van der Waals surface area contributed by atoms with Crippen LogP contribution in [0, 0.1) is 0 Å². The van der Waals surface area contributed by atoms with Gasteiger partial charge in [0.2, 0.25) is 0 Å². The Kier molecular flexibility index (Phi) is 4.61. The fourth-order valence-corrected chi connectivity index (χ4v) is 1.80. The number of carbonyl (C=O) groups is 1. The maximum Gasteiger partial charge on any atom is 0.417 e. The van der Waals surface area contributed by atoms with Gasteiger partial charge in [-0.3, -0.25) is 4.79 Å². The van der Waals surface area contributed by atoms with Crippen molar-refractivity contribution in [3.8, 4) is 0 Å². The van der Waals surface area contributed by atoms with E-state index in [1.54, 1.807) is 6.92 Å². The maximum atomic E-state index is 12.7. The maximum absolute atomic E-state index is 12.7. The van der Waals surface area contributed by atoms with Crippen LogP contribution in [0.2, 0.25) is 0 Å². The quantitative estimate of drug-likeness (QED) is 0.582. The summed E-state index contributed by atoms with van der Waals surface area (Å²) in [4.78, 5) is 11.7.